The molecule has 1 aliphatic rings. The summed E-state index contributed by atoms with van der Waals surface area (Å²) >= 11 is 0. The highest BCUT2D eigenvalue weighted by Crippen LogP contribution is 2.35. The zero-order chi connectivity index (χ0) is 14.0. The summed E-state index contributed by atoms with van der Waals surface area (Å²) in [6.45, 7) is 2.14. The van der Waals surface area contributed by atoms with Gasteiger partial charge in [-0.2, -0.15) is 0 Å². The first-order chi connectivity index (χ1) is 9.08. The molecule has 0 saturated carbocycles. The van der Waals surface area contributed by atoms with Gasteiger partial charge in [-0.05, 0) is 24.6 Å². The van der Waals surface area contributed by atoms with E-state index in [9.17, 15) is 9.59 Å². The smallest absolute Gasteiger partial charge is 0.274 e. The standard InChI is InChI=1S/C13H17N3O3/c1-8-13(18)16(12(17)4-5-14)10-6-9(7-15)2-3-11(10)19-8/h2-3,6,8H,4-5,7,14-15H2,1H3. The van der Waals surface area contributed by atoms with Crippen LogP contribution in [-0.2, 0) is 16.1 Å². The van der Waals surface area contributed by atoms with Crippen molar-refractivity contribution in [1.29, 1.82) is 0 Å². The summed E-state index contributed by atoms with van der Waals surface area (Å²) in [4.78, 5) is 25.3. The first-order valence-corrected chi connectivity index (χ1v) is 6.15. The summed E-state index contributed by atoms with van der Waals surface area (Å²) in [5.41, 5.74) is 12.2. The molecule has 0 aromatic heterocycles. The summed E-state index contributed by atoms with van der Waals surface area (Å²) < 4.78 is 5.49. The van der Waals surface area contributed by atoms with Crippen LogP contribution in [0.5, 0.6) is 5.75 Å². The van der Waals surface area contributed by atoms with E-state index in [-0.39, 0.29) is 24.8 Å². The third kappa shape index (κ3) is 2.45. The van der Waals surface area contributed by atoms with Gasteiger partial charge < -0.3 is 16.2 Å². The van der Waals surface area contributed by atoms with Crippen LogP contribution in [0.3, 0.4) is 0 Å². The Labute approximate surface area is 111 Å². The molecule has 1 aromatic carbocycles. The molecule has 102 valence electrons. The molecule has 0 fully saturated rings. The highest BCUT2D eigenvalue weighted by molar-refractivity contribution is 6.18. The van der Waals surface area contributed by atoms with Gasteiger partial charge in [-0.25, -0.2) is 4.90 Å². The van der Waals surface area contributed by atoms with Gasteiger partial charge in [-0.1, -0.05) is 6.07 Å². The number of carbonyl (C=O) groups is 2. The minimum absolute atomic E-state index is 0.116. The van der Waals surface area contributed by atoms with E-state index in [4.69, 9.17) is 16.2 Å². The van der Waals surface area contributed by atoms with Crippen LogP contribution in [0.15, 0.2) is 18.2 Å². The summed E-state index contributed by atoms with van der Waals surface area (Å²) in [7, 11) is 0. The van der Waals surface area contributed by atoms with E-state index < -0.39 is 6.10 Å². The lowest BCUT2D eigenvalue weighted by Gasteiger charge is -2.31. The van der Waals surface area contributed by atoms with Crippen molar-refractivity contribution in [3.8, 4) is 5.75 Å². The van der Waals surface area contributed by atoms with Crippen LogP contribution >= 0.6 is 0 Å². The fourth-order valence-electron chi connectivity index (χ4n) is 2.00. The lowest BCUT2D eigenvalue weighted by molar-refractivity contribution is -0.131. The number of carbonyl (C=O) groups excluding carboxylic acids is 2. The van der Waals surface area contributed by atoms with Crippen LogP contribution in [0.4, 0.5) is 5.69 Å². The first-order valence-electron chi connectivity index (χ1n) is 6.15. The molecule has 0 bridgehead atoms. The maximum Gasteiger partial charge on any atom is 0.274 e. The van der Waals surface area contributed by atoms with Crippen molar-refractivity contribution in [2.45, 2.75) is 26.0 Å². The van der Waals surface area contributed by atoms with Gasteiger partial charge in [0.2, 0.25) is 5.91 Å². The normalized spacial score (nSPS) is 17.9. The van der Waals surface area contributed by atoms with Crippen LogP contribution < -0.4 is 21.1 Å². The largest absolute Gasteiger partial charge is 0.479 e. The van der Waals surface area contributed by atoms with E-state index in [1.165, 1.54) is 0 Å². The van der Waals surface area contributed by atoms with E-state index in [1.807, 2.05) is 6.07 Å². The molecule has 2 amide bonds. The maximum atomic E-state index is 12.1. The van der Waals surface area contributed by atoms with Crippen molar-refractivity contribution < 1.29 is 14.3 Å². The Hall–Kier alpha value is -1.92. The average molecular weight is 263 g/mol. The second-order valence-electron chi connectivity index (χ2n) is 4.37. The molecule has 4 N–H and O–H groups in total. The lowest BCUT2D eigenvalue weighted by atomic mass is 10.1. The topological polar surface area (TPSA) is 98.7 Å². The van der Waals surface area contributed by atoms with Crippen LogP contribution in [-0.4, -0.2) is 24.5 Å². The predicted molar refractivity (Wildman–Crippen MR) is 70.6 cm³/mol. The Bertz CT molecular complexity index is 516. The number of nitrogens with zero attached hydrogens (tertiary/aromatic N) is 1. The third-order valence-corrected chi connectivity index (χ3v) is 2.98. The van der Waals surface area contributed by atoms with Crippen LogP contribution in [0.1, 0.15) is 18.9 Å². The molecule has 0 aliphatic carbocycles. The van der Waals surface area contributed by atoms with Gasteiger partial charge in [0.1, 0.15) is 5.75 Å². The number of imide groups is 1. The molecule has 6 heteroatoms. The number of benzene rings is 1. The second-order valence-corrected chi connectivity index (χ2v) is 4.37. The Morgan fingerprint density at radius 1 is 1.42 bits per heavy atom. The average Bonchev–Trinajstić information content (AvgIpc) is 2.40. The van der Waals surface area contributed by atoms with E-state index in [2.05, 4.69) is 0 Å². The van der Waals surface area contributed by atoms with Gasteiger partial charge in [-0.3, -0.25) is 9.59 Å². The van der Waals surface area contributed by atoms with Crippen molar-refractivity contribution in [3.05, 3.63) is 23.8 Å². The Balaban J connectivity index is 2.47. The number of hydrogen-bond acceptors (Lipinski definition) is 5. The third-order valence-electron chi connectivity index (χ3n) is 2.98. The second kappa shape index (κ2) is 5.38. The van der Waals surface area contributed by atoms with Crippen molar-refractivity contribution in [2.75, 3.05) is 11.4 Å². The van der Waals surface area contributed by atoms with Gasteiger partial charge in [0.15, 0.2) is 6.10 Å². The number of fused-ring (bicyclic) bond motifs is 1. The van der Waals surface area contributed by atoms with Crippen LogP contribution in [0.2, 0.25) is 0 Å². The molecule has 19 heavy (non-hydrogen) atoms. The minimum atomic E-state index is -0.682. The molecule has 1 heterocycles. The Kier molecular flexibility index (Phi) is 3.82. The van der Waals surface area contributed by atoms with Gasteiger partial charge in [0.05, 0.1) is 5.69 Å². The highest BCUT2D eigenvalue weighted by atomic mass is 16.5. The molecule has 0 saturated heterocycles. The predicted octanol–water partition coefficient (Wildman–Crippen LogP) is 0.135. The maximum absolute atomic E-state index is 12.1. The number of rotatable bonds is 3. The van der Waals surface area contributed by atoms with Crippen molar-refractivity contribution in [1.82, 2.24) is 0 Å². The van der Waals surface area contributed by atoms with E-state index in [1.54, 1.807) is 19.1 Å². The molecule has 1 unspecified atom stereocenters. The van der Waals surface area contributed by atoms with Crippen LogP contribution in [0, 0.1) is 0 Å². The number of nitrogens with two attached hydrogens (primary N) is 2. The number of amides is 2. The highest BCUT2D eigenvalue weighted by Gasteiger charge is 2.35. The quantitative estimate of drug-likeness (QED) is 0.808. The van der Waals surface area contributed by atoms with Gasteiger partial charge in [-0.15, -0.1) is 0 Å². The molecule has 6 nitrogen and oxygen atoms in total. The summed E-state index contributed by atoms with van der Waals surface area (Å²) in [5.74, 6) is -0.187. The molecule has 1 aromatic rings. The summed E-state index contributed by atoms with van der Waals surface area (Å²) in [5, 5.41) is 0. The fourth-order valence-corrected chi connectivity index (χ4v) is 2.00. The first kappa shape index (κ1) is 13.5. The molecule has 0 radical (unpaired) electrons. The zero-order valence-corrected chi connectivity index (χ0v) is 10.8. The SMILES string of the molecule is CC1Oc2ccc(CN)cc2N(C(=O)CCN)C1=O. The van der Waals surface area contributed by atoms with Crippen molar-refractivity contribution in [3.63, 3.8) is 0 Å². The van der Waals surface area contributed by atoms with Crippen LogP contribution in [0.25, 0.3) is 0 Å². The van der Waals surface area contributed by atoms with Gasteiger partial charge in [0, 0.05) is 19.5 Å². The summed E-state index contributed by atoms with van der Waals surface area (Å²) in [6.07, 6.45) is -0.567. The molecule has 1 aliphatic heterocycles. The van der Waals surface area contributed by atoms with Crippen molar-refractivity contribution >= 4 is 17.5 Å². The minimum Gasteiger partial charge on any atom is -0.479 e. The number of ether oxygens (including phenoxy) is 1. The molecular formula is C13H17N3O3. The zero-order valence-electron chi connectivity index (χ0n) is 10.8. The number of hydrogen-bond donors (Lipinski definition) is 2. The fraction of sp³-hybridized carbons (Fsp3) is 0.385. The van der Waals surface area contributed by atoms with Crippen molar-refractivity contribution in [2.24, 2.45) is 11.5 Å². The summed E-state index contributed by atoms with van der Waals surface area (Å²) in [6, 6.07) is 5.24. The van der Waals surface area contributed by atoms with E-state index in [0.717, 1.165) is 10.5 Å². The Morgan fingerprint density at radius 2 is 2.16 bits per heavy atom. The molecular weight excluding hydrogens is 246 g/mol. The van der Waals surface area contributed by atoms with E-state index >= 15 is 0 Å². The van der Waals surface area contributed by atoms with Gasteiger partial charge in [0.25, 0.3) is 5.91 Å². The molecule has 0 spiro atoms. The van der Waals surface area contributed by atoms with E-state index in [0.29, 0.717) is 18.0 Å². The monoisotopic (exact) mass is 263 g/mol. The number of anilines is 1. The lowest BCUT2D eigenvalue weighted by Crippen LogP contribution is -2.48. The molecule has 1 atom stereocenters. The molecule has 2 rings (SSSR count). The van der Waals surface area contributed by atoms with Gasteiger partial charge >= 0.3 is 0 Å². The Morgan fingerprint density at radius 3 is 2.79 bits per heavy atom.